The second-order valence-corrected chi connectivity index (χ2v) is 4.73. The predicted molar refractivity (Wildman–Crippen MR) is 60.8 cm³/mol. The molecule has 0 saturated carbocycles. The van der Waals surface area contributed by atoms with Crippen LogP contribution in [0.2, 0.25) is 0 Å². The Kier molecular flexibility index (Phi) is 4.72. The van der Waals surface area contributed by atoms with Crippen molar-refractivity contribution in [3.63, 3.8) is 0 Å². The van der Waals surface area contributed by atoms with Crippen molar-refractivity contribution in [1.82, 2.24) is 0 Å². The molecule has 16 heavy (non-hydrogen) atoms. The van der Waals surface area contributed by atoms with Crippen LogP contribution in [0, 0.1) is 0 Å². The monoisotopic (exact) mass is 228 g/mol. The molecule has 0 spiro atoms. The number of ether oxygens (including phenoxy) is 2. The van der Waals surface area contributed by atoms with Gasteiger partial charge in [0.25, 0.3) is 0 Å². The molecular formula is C12H20O4. The molecule has 0 rings (SSSR count). The molecule has 0 aromatic carbocycles. The van der Waals surface area contributed by atoms with Crippen LogP contribution in [0.15, 0.2) is 12.2 Å². The van der Waals surface area contributed by atoms with E-state index in [1.54, 1.807) is 39.8 Å². The van der Waals surface area contributed by atoms with Crippen LogP contribution < -0.4 is 0 Å². The highest BCUT2D eigenvalue weighted by atomic mass is 16.6. The summed E-state index contributed by atoms with van der Waals surface area (Å²) in [5, 5.41) is 0. The Hall–Kier alpha value is -1.32. The van der Waals surface area contributed by atoms with Crippen molar-refractivity contribution in [3.8, 4) is 0 Å². The summed E-state index contributed by atoms with van der Waals surface area (Å²) in [7, 11) is 0. The van der Waals surface area contributed by atoms with Gasteiger partial charge in [-0.3, -0.25) is 9.59 Å². The fourth-order valence-electron chi connectivity index (χ4n) is 1.21. The third kappa shape index (κ3) is 7.04. The summed E-state index contributed by atoms with van der Waals surface area (Å²) < 4.78 is 10.1. The van der Waals surface area contributed by atoms with Gasteiger partial charge in [0, 0.05) is 13.8 Å². The molecule has 0 amide bonds. The largest absolute Gasteiger partial charge is 0.456 e. The first-order chi connectivity index (χ1) is 7.04. The number of carbonyl (C=O) groups excluding carboxylic acids is 2. The molecule has 0 heterocycles. The molecule has 0 unspecified atom stereocenters. The topological polar surface area (TPSA) is 52.6 Å². The maximum absolute atomic E-state index is 10.8. The van der Waals surface area contributed by atoms with Gasteiger partial charge >= 0.3 is 11.9 Å². The molecule has 0 aliphatic rings. The molecule has 4 nitrogen and oxygen atoms in total. The highest BCUT2D eigenvalue weighted by molar-refractivity contribution is 5.67. The van der Waals surface area contributed by atoms with Gasteiger partial charge in [0.15, 0.2) is 0 Å². The van der Waals surface area contributed by atoms with Crippen LogP contribution in [-0.4, -0.2) is 23.1 Å². The number of rotatable bonds is 4. The Balaban J connectivity index is 4.56. The van der Waals surface area contributed by atoms with Crippen LogP contribution in [-0.2, 0) is 19.1 Å². The molecule has 92 valence electrons. The zero-order chi connectivity index (χ0) is 13.0. The number of hydrogen-bond donors (Lipinski definition) is 0. The van der Waals surface area contributed by atoms with Crippen LogP contribution >= 0.6 is 0 Å². The first kappa shape index (κ1) is 14.7. The van der Waals surface area contributed by atoms with E-state index in [1.165, 1.54) is 13.8 Å². The minimum atomic E-state index is -0.705. The van der Waals surface area contributed by atoms with Gasteiger partial charge < -0.3 is 9.47 Å². The SMILES string of the molecule is CC(=O)OC(C)(C)C=CC(C)(C)OC(C)=O. The van der Waals surface area contributed by atoms with Gasteiger partial charge in [-0.05, 0) is 39.8 Å². The Morgan fingerprint density at radius 3 is 1.25 bits per heavy atom. The molecule has 0 atom stereocenters. The Bertz CT molecular complexity index is 270. The number of hydrogen-bond acceptors (Lipinski definition) is 4. The molecule has 0 aromatic heterocycles. The van der Waals surface area contributed by atoms with Crippen LogP contribution in [0.3, 0.4) is 0 Å². The quantitative estimate of drug-likeness (QED) is 0.547. The van der Waals surface area contributed by atoms with Crippen LogP contribution in [0.1, 0.15) is 41.5 Å². The minimum absolute atomic E-state index is 0.347. The van der Waals surface area contributed by atoms with Crippen molar-refractivity contribution in [1.29, 1.82) is 0 Å². The van der Waals surface area contributed by atoms with E-state index in [4.69, 9.17) is 9.47 Å². The first-order valence-electron chi connectivity index (χ1n) is 5.14. The Morgan fingerprint density at radius 1 is 0.812 bits per heavy atom. The summed E-state index contributed by atoms with van der Waals surface area (Å²) in [5.41, 5.74) is -1.41. The van der Waals surface area contributed by atoms with Crippen molar-refractivity contribution in [3.05, 3.63) is 12.2 Å². The third-order valence-corrected chi connectivity index (χ3v) is 1.70. The molecule has 0 aliphatic carbocycles. The van der Waals surface area contributed by atoms with Crippen molar-refractivity contribution in [2.75, 3.05) is 0 Å². The molecular weight excluding hydrogens is 208 g/mol. The second-order valence-electron chi connectivity index (χ2n) is 4.73. The van der Waals surface area contributed by atoms with Gasteiger partial charge in [0.1, 0.15) is 11.2 Å². The maximum atomic E-state index is 10.8. The van der Waals surface area contributed by atoms with E-state index in [0.29, 0.717) is 0 Å². The lowest BCUT2D eigenvalue weighted by molar-refractivity contribution is -0.152. The fourth-order valence-corrected chi connectivity index (χ4v) is 1.21. The molecule has 0 aliphatic heterocycles. The van der Waals surface area contributed by atoms with Crippen molar-refractivity contribution in [2.24, 2.45) is 0 Å². The van der Waals surface area contributed by atoms with Gasteiger partial charge in [-0.15, -0.1) is 0 Å². The number of esters is 2. The van der Waals surface area contributed by atoms with Gasteiger partial charge in [0.2, 0.25) is 0 Å². The molecule has 0 radical (unpaired) electrons. The third-order valence-electron chi connectivity index (χ3n) is 1.70. The summed E-state index contributed by atoms with van der Waals surface area (Å²) in [5.74, 6) is -0.695. The predicted octanol–water partition coefficient (Wildman–Crippen LogP) is 2.23. The van der Waals surface area contributed by atoms with E-state index in [-0.39, 0.29) is 11.9 Å². The van der Waals surface area contributed by atoms with Gasteiger partial charge in [0.05, 0.1) is 0 Å². The lowest BCUT2D eigenvalue weighted by Crippen LogP contribution is -2.28. The minimum Gasteiger partial charge on any atom is -0.456 e. The lowest BCUT2D eigenvalue weighted by Gasteiger charge is -2.24. The van der Waals surface area contributed by atoms with Gasteiger partial charge in [-0.2, -0.15) is 0 Å². The average Bonchev–Trinajstić information content (AvgIpc) is 1.96. The summed E-state index contributed by atoms with van der Waals surface area (Å²) in [6.07, 6.45) is 3.41. The Morgan fingerprint density at radius 2 is 1.06 bits per heavy atom. The highest BCUT2D eigenvalue weighted by Crippen LogP contribution is 2.17. The molecule has 0 saturated heterocycles. The van der Waals surface area contributed by atoms with E-state index in [9.17, 15) is 9.59 Å². The molecule has 0 N–H and O–H groups in total. The normalized spacial score (nSPS) is 12.6. The van der Waals surface area contributed by atoms with E-state index in [2.05, 4.69) is 0 Å². The zero-order valence-electron chi connectivity index (χ0n) is 10.8. The smallest absolute Gasteiger partial charge is 0.303 e. The van der Waals surface area contributed by atoms with E-state index in [1.807, 2.05) is 0 Å². The molecule has 0 bridgehead atoms. The van der Waals surface area contributed by atoms with E-state index >= 15 is 0 Å². The van der Waals surface area contributed by atoms with Gasteiger partial charge in [-0.1, -0.05) is 0 Å². The summed E-state index contributed by atoms with van der Waals surface area (Å²) in [4.78, 5) is 21.6. The van der Waals surface area contributed by atoms with Gasteiger partial charge in [-0.25, -0.2) is 0 Å². The van der Waals surface area contributed by atoms with E-state index in [0.717, 1.165) is 0 Å². The first-order valence-corrected chi connectivity index (χ1v) is 5.14. The number of carbonyl (C=O) groups is 2. The standard InChI is InChI=1S/C12H20O4/c1-9(13)15-11(3,4)7-8-12(5,6)16-10(2)14/h7-8H,1-6H3. The van der Waals surface area contributed by atoms with Crippen LogP contribution in [0.4, 0.5) is 0 Å². The van der Waals surface area contributed by atoms with Crippen molar-refractivity contribution < 1.29 is 19.1 Å². The van der Waals surface area contributed by atoms with Crippen LogP contribution in [0.25, 0.3) is 0 Å². The van der Waals surface area contributed by atoms with Crippen molar-refractivity contribution >= 4 is 11.9 Å². The summed E-state index contributed by atoms with van der Waals surface area (Å²) in [6.45, 7) is 9.74. The van der Waals surface area contributed by atoms with E-state index < -0.39 is 11.2 Å². The summed E-state index contributed by atoms with van der Waals surface area (Å²) in [6, 6.07) is 0. The van der Waals surface area contributed by atoms with Crippen LogP contribution in [0.5, 0.6) is 0 Å². The Labute approximate surface area is 96.6 Å². The average molecular weight is 228 g/mol. The van der Waals surface area contributed by atoms with Crippen molar-refractivity contribution in [2.45, 2.75) is 52.7 Å². The molecule has 0 aromatic rings. The molecule has 4 heteroatoms. The summed E-state index contributed by atoms with van der Waals surface area (Å²) >= 11 is 0. The molecule has 0 fully saturated rings. The second kappa shape index (κ2) is 5.14. The maximum Gasteiger partial charge on any atom is 0.303 e. The zero-order valence-corrected chi connectivity index (χ0v) is 10.8. The highest BCUT2D eigenvalue weighted by Gasteiger charge is 2.22. The fraction of sp³-hybridized carbons (Fsp3) is 0.667. The lowest BCUT2D eigenvalue weighted by atomic mass is 10.0.